The second-order valence-corrected chi connectivity index (χ2v) is 4.88. The molecule has 0 aromatic carbocycles. The number of esters is 1. The summed E-state index contributed by atoms with van der Waals surface area (Å²) in [5.74, 6) is 0.702. The quantitative estimate of drug-likeness (QED) is 0.481. The number of carbonyl (C=O) groups is 1. The molecule has 0 amide bonds. The number of nitrogens with one attached hydrogen (secondary N) is 1. The predicted octanol–water partition coefficient (Wildman–Crippen LogP) is 2.13. The predicted molar refractivity (Wildman–Crippen MR) is 71.5 cm³/mol. The summed E-state index contributed by atoms with van der Waals surface area (Å²) in [4.78, 5) is 11.1. The Morgan fingerprint density at radius 1 is 1.33 bits per heavy atom. The van der Waals surface area contributed by atoms with Gasteiger partial charge in [0.05, 0.1) is 6.61 Å². The highest BCUT2D eigenvalue weighted by atomic mass is 16.5. The molecule has 1 rings (SSSR count). The highest BCUT2D eigenvalue weighted by Gasteiger charge is 2.14. The van der Waals surface area contributed by atoms with E-state index in [1.54, 1.807) is 0 Å². The lowest BCUT2D eigenvalue weighted by atomic mass is 10.1. The van der Waals surface area contributed by atoms with Crippen LogP contribution in [0, 0.1) is 5.92 Å². The van der Waals surface area contributed by atoms with E-state index in [9.17, 15) is 4.79 Å². The summed E-state index contributed by atoms with van der Waals surface area (Å²) in [7, 11) is 0. The van der Waals surface area contributed by atoms with Gasteiger partial charge in [0.2, 0.25) is 0 Å². The Balaban J connectivity index is 1.77. The first-order valence-corrected chi connectivity index (χ1v) is 7.27. The van der Waals surface area contributed by atoms with Crippen LogP contribution >= 0.6 is 0 Å². The van der Waals surface area contributed by atoms with E-state index in [0.717, 1.165) is 51.5 Å². The Hall–Kier alpha value is -0.610. The van der Waals surface area contributed by atoms with Gasteiger partial charge in [-0.25, -0.2) is 0 Å². The molecule has 1 N–H and O–H groups in total. The average Bonchev–Trinajstić information content (AvgIpc) is 2.86. The zero-order valence-electron chi connectivity index (χ0n) is 11.6. The number of hydrogen-bond donors (Lipinski definition) is 1. The Bertz CT molecular complexity index is 215. The van der Waals surface area contributed by atoms with Gasteiger partial charge in [0.15, 0.2) is 0 Å². The zero-order chi connectivity index (χ0) is 13.1. The van der Waals surface area contributed by atoms with Gasteiger partial charge in [0.1, 0.15) is 0 Å². The van der Waals surface area contributed by atoms with Crippen LogP contribution in [0.4, 0.5) is 0 Å². The summed E-state index contributed by atoms with van der Waals surface area (Å²) < 4.78 is 10.2. The molecule has 0 aliphatic carbocycles. The molecule has 0 aromatic heterocycles. The summed E-state index contributed by atoms with van der Waals surface area (Å²) >= 11 is 0. The third-order valence-electron chi connectivity index (χ3n) is 3.29. The van der Waals surface area contributed by atoms with E-state index in [1.165, 1.54) is 12.8 Å². The SMILES string of the molecule is CCOC(=O)CCCCCNCCC1CCOC1. The summed E-state index contributed by atoms with van der Waals surface area (Å²) in [5.41, 5.74) is 0. The molecular weight excluding hydrogens is 230 g/mol. The van der Waals surface area contributed by atoms with E-state index in [2.05, 4.69) is 5.32 Å². The molecule has 18 heavy (non-hydrogen) atoms. The Labute approximate surface area is 110 Å². The van der Waals surface area contributed by atoms with E-state index in [4.69, 9.17) is 9.47 Å². The molecule has 1 unspecified atom stereocenters. The smallest absolute Gasteiger partial charge is 0.305 e. The van der Waals surface area contributed by atoms with Gasteiger partial charge < -0.3 is 14.8 Å². The Kier molecular flexibility index (Phi) is 8.86. The van der Waals surface area contributed by atoms with E-state index in [1.807, 2.05) is 6.92 Å². The van der Waals surface area contributed by atoms with Crippen LogP contribution in [-0.4, -0.2) is 38.9 Å². The van der Waals surface area contributed by atoms with Crippen molar-refractivity contribution in [3.05, 3.63) is 0 Å². The summed E-state index contributed by atoms with van der Waals surface area (Å²) in [6, 6.07) is 0. The number of hydrogen-bond acceptors (Lipinski definition) is 4. The normalized spacial score (nSPS) is 19.1. The van der Waals surface area contributed by atoms with Crippen molar-refractivity contribution in [1.82, 2.24) is 5.32 Å². The van der Waals surface area contributed by atoms with Crippen molar-refractivity contribution >= 4 is 5.97 Å². The fraction of sp³-hybridized carbons (Fsp3) is 0.929. The Morgan fingerprint density at radius 3 is 2.94 bits per heavy atom. The van der Waals surface area contributed by atoms with Gasteiger partial charge in [-0.3, -0.25) is 4.79 Å². The molecule has 0 saturated carbocycles. The highest BCUT2D eigenvalue weighted by Crippen LogP contribution is 2.15. The maximum absolute atomic E-state index is 11.1. The van der Waals surface area contributed by atoms with E-state index in [-0.39, 0.29) is 5.97 Å². The van der Waals surface area contributed by atoms with Crippen LogP contribution in [0.5, 0.6) is 0 Å². The molecule has 1 fully saturated rings. The number of ether oxygens (including phenoxy) is 2. The first-order valence-electron chi connectivity index (χ1n) is 7.27. The van der Waals surface area contributed by atoms with Crippen LogP contribution in [0.1, 0.15) is 45.4 Å². The molecule has 1 aliphatic heterocycles. The van der Waals surface area contributed by atoms with Crippen molar-refractivity contribution in [2.75, 3.05) is 32.9 Å². The van der Waals surface area contributed by atoms with Crippen LogP contribution in [-0.2, 0) is 14.3 Å². The maximum Gasteiger partial charge on any atom is 0.305 e. The largest absolute Gasteiger partial charge is 0.466 e. The van der Waals surface area contributed by atoms with Crippen molar-refractivity contribution < 1.29 is 14.3 Å². The zero-order valence-corrected chi connectivity index (χ0v) is 11.6. The van der Waals surface area contributed by atoms with Crippen molar-refractivity contribution in [3.63, 3.8) is 0 Å². The van der Waals surface area contributed by atoms with Crippen molar-refractivity contribution in [3.8, 4) is 0 Å². The first-order chi connectivity index (χ1) is 8.83. The summed E-state index contributed by atoms with van der Waals surface area (Å²) in [5, 5.41) is 3.45. The molecule has 1 heterocycles. The van der Waals surface area contributed by atoms with Gasteiger partial charge in [-0.2, -0.15) is 0 Å². The van der Waals surface area contributed by atoms with Crippen molar-refractivity contribution in [1.29, 1.82) is 0 Å². The Morgan fingerprint density at radius 2 is 2.22 bits per heavy atom. The minimum Gasteiger partial charge on any atom is -0.466 e. The van der Waals surface area contributed by atoms with Crippen LogP contribution < -0.4 is 5.32 Å². The third kappa shape index (κ3) is 7.67. The van der Waals surface area contributed by atoms with Crippen LogP contribution in [0.25, 0.3) is 0 Å². The standard InChI is InChI=1S/C14H27NO3/c1-2-18-14(16)6-4-3-5-9-15-10-7-13-8-11-17-12-13/h13,15H,2-12H2,1H3. The first kappa shape index (κ1) is 15.4. The molecule has 0 bridgehead atoms. The minimum atomic E-state index is -0.0632. The van der Waals surface area contributed by atoms with E-state index >= 15 is 0 Å². The lowest BCUT2D eigenvalue weighted by Crippen LogP contribution is -2.19. The van der Waals surface area contributed by atoms with E-state index < -0.39 is 0 Å². The summed E-state index contributed by atoms with van der Waals surface area (Å²) in [6.45, 7) is 6.37. The van der Waals surface area contributed by atoms with Gasteiger partial charge in [0, 0.05) is 19.6 Å². The summed E-state index contributed by atoms with van der Waals surface area (Å²) in [6.07, 6.45) is 6.19. The highest BCUT2D eigenvalue weighted by molar-refractivity contribution is 5.69. The number of unbranched alkanes of at least 4 members (excludes halogenated alkanes) is 2. The lowest BCUT2D eigenvalue weighted by molar-refractivity contribution is -0.143. The van der Waals surface area contributed by atoms with Gasteiger partial charge in [-0.15, -0.1) is 0 Å². The molecule has 0 spiro atoms. The number of rotatable bonds is 10. The second kappa shape index (κ2) is 10.3. The van der Waals surface area contributed by atoms with Crippen LogP contribution in [0.15, 0.2) is 0 Å². The van der Waals surface area contributed by atoms with Gasteiger partial charge in [-0.1, -0.05) is 6.42 Å². The molecule has 106 valence electrons. The number of carbonyl (C=O) groups excluding carboxylic acids is 1. The van der Waals surface area contributed by atoms with Gasteiger partial charge in [-0.05, 0) is 51.6 Å². The van der Waals surface area contributed by atoms with Gasteiger partial charge in [0.25, 0.3) is 0 Å². The molecule has 0 radical (unpaired) electrons. The molecule has 0 aromatic rings. The van der Waals surface area contributed by atoms with Crippen molar-refractivity contribution in [2.45, 2.75) is 45.4 Å². The third-order valence-corrected chi connectivity index (χ3v) is 3.29. The van der Waals surface area contributed by atoms with Gasteiger partial charge >= 0.3 is 5.97 Å². The molecule has 4 heteroatoms. The lowest BCUT2D eigenvalue weighted by Gasteiger charge is -2.08. The minimum absolute atomic E-state index is 0.0632. The molecule has 1 saturated heterocycles. The molecular formula is C14H27NO3. The molecule has 4 nitrogen and oxygen atoms in total. The maximum atomic E-state index is 11.1. The van der Waals surface area contributed by atoms with Crippen molar-refractivity contribution in [2.24, 2.45) is 5.92 Å². The fourth-order valence-electron chi connectivity index (χ4n) is 2.17. The fourth-order valence-corrected chi connectivity index (χ4v) is 2.17. The monoisotopic (exact) mass is 257 g/mol. The molecule has 1 atom stereocenters. The van der Waals surface area contributed by atoms with E-state index in [0.29, 0.717) is 13.0 Å². The molecule has 1 aliphatic rings. The topological polar surface area (TPSA) is 47.6 Å². The van der Waals surface area contributed by atoms with Crippen LogP contribution in [0.3, 0.4) is 0 Å². The second-order valence-electron chi connectivity index (χ2n) is 4.88. The van der Waals surface area contributed by atoms with Crippen LogP contribution in [0.2, 0.25) is 0 Å². The average molecular weight is 257 g/mol.